The summed E-state index contributed by atoms with van der Waals surface area (Å²) in [6.45, 7) is 2.26. The smallest absolute Gasteiger partial charge is 0.263 e. The van der Waals surface area contributed by atoms with Gasteiger partial charge in [-0.1, -0.05) is 0 Å². The van der Waals surface area contributed by atoms with Crippen molar-refractivity contribution in [3.63, 3.8) is 0 Å². The van der Waals surface area contributed by atoms with Crippen LogP contribution in [0.3, 0.4) is 0 Å². The molecular weight excluding hydrogens is 293 g/mol. The Morgan fingerprint density at radius 3 is 2.57 bits per heavy atom. The Bertz CT molecular complexity index is 733. The number of anilines is 1. The number of sulfonamides is 1. The van der Waals surface area contributed by atoms with Crippen molar-refractivity contribution in [3.05, 3.63) is 47.5 Å². The van der Waals surface area contributed by atoms with E-state index >= 15 is 0 Å². The van der Waals surface area contributed by atoms with Crippen LogP contribution in [0.15, 0.2) is 35.4 Å². The van der Waals surface area contributed by atoms with Gasteiger partial charge in [-0.05, 0) is 43.8 Å². The van der Waals surface area contributed by atoms with Crippen molar-refractivity contribution in [1.82, 2.24) is 9.88 Å². The molecule has 1 aromatic carbocycles. The van der Waals surface area contributed by atoms with Gasteiger partial charge in [-0.25, -0.2) is 12.8 Å². The Balaban J connectivity index is 2.31. The maximum atomic E-state index is 13.3. The van der Waals surface area contributed by atoms with Gasteiger partial charge < -0.3 is 9.88 Å². The molecular formula is C14H18FN3O2S. The van der Waals surface area contributed by atoms with Crippen LogP contribution in [0.25, 0.3) is 0 Å². The average Bonchev–Trinajstić information content (AvgIpc) is 2.70. The molecule has 1 aromatic heterocycles. The Morgan fingerprint density at radius 2 is 1.95 bits per heavy atom. The fourth-order valence-electron chi connectivity index (χ4n) is 2.09. The Hall–Kier alpha value is -1.86. The highest BCUT2D eigenvalue weighted by Crippen LogP contribution is 2.20. The second-order valence-corrected chi connectivity index (χ2v) is 6.61. The van der Waals surface area contributed by atoms with Gasteiger partial charge in [0.05, 0.1) is 5.69 Å². The van der Waals surface area contributed by atoms with Crippen LogP contribution in [0, 0.1) is 12.7 Å². The number of benzene rings is 1. The van der Waals surface area contributed by atoms with Gasteiger partial charge in [-0.3, -0.25) is 4.72 Å². The van der Waals surface area contributed by atoms with Crippen molar-refractivity contribution in [1.29, 1.82) is 0 Å². The van der Waals surface area contributed by atoms with Gasteiger partial charge >= 0.3 is 0 Å². The third-order valence-corrected chi connectivity index (χ3v) is 4.39. The lowest BCUT2D eigenvalue weighted by Gasteiger charge is -2.07. The van der Waals surface area contributed by atoms with E-state index in [1.807, 2.05) is 0 Å². The van der Waals surface area contributed by atoms with Crippen LogP contribution in [-0.2, 0) is 23.6 Å². The quantitative estimate of drug-likeness (QED) is 0.887. The molecule has 5 nitrogen and oxygen atoms in total. The molecule has 0 amide bonds. The van der Waals surface area contributed by atoms with Gasteiger partial charge in [0.25, 0.3) is 10.0 Å². The summed E-state index contributed by atoms with van der Waals surface area (Å²) in [6.07, 6.45) is 1.53. The molecule has 0 radical (unpaired) electrons. The monoisotopic (exact) mass is 311 g/mol. The first-order chi connectivity index (χ1) is 9.81. The van der Waals surface area contributed by atoms with Crippen molar-refractivity contribution in [2.75, 3.05) is 11.8 Å². The standard InChI is InChI=1S/C14H18FN3O2S/c1-10-4-11(15)6-12(5-10)17-21(19,20)14-7-13(8-16-2)18(3)9-14/h4-7,9,16-17H,8H2,1-3H3. The molecule has 0 unspecified atom stereocenters. The minimum absolute atomic E-state index is 0.150. The van der Waals surface area contributed by atoms with Crippen molar-refractivity contribution in [2.24, 2.45) is 7.05 Å². The number of aromatic nitrogens is 1. The molecule has 0 aliphatic carbocycles. The summed E-state index contributed by atoms with van der Waals surface area (Å²) < 4.78 is 42.1. The first kappa shape index (κ1) is 15.5. The van der Waals surface area contributed by atoms with Crippen molar-refractivity contribution in [2.45, 2.75) is 18.4 Å². The number of hydrogen-bond donors (Lipinski definition) is 2. The van der Waals surface area contributed by atoms with E-state index < -0.39 is 15.8 Å². The summed E-state index contributed by atoms with van der Waals surface area (Å²) in [4.78, 5) is 0.150. The van der Waals surface area contributed by atoms with Gasteiger partial charge in [0.2, 0.25) is 0 Å². The molecule has 7 heteroatoms. The molecule has 2 aromatic rings. The molecule has 1 heterocycles. The highest BCUT2D eigenvalue weighted by atomic mass is 32.2. The summed E-state index contributed by atoms with van der Waals surface area (Å²) in [5.74, 6) is -0.475. The van der Waals surface area contributed by atoms with Crippen molar-refractivity contribution < 1.29 is 12.8 Å². The number of nitrogens with one attached hydrogen (secondary N) is 2. The molecule has 114 valence electrons. The average molecular weight is 311 g/mol. The third-order valence-electron chi connectivity index (χ3n) is 3.05. The Morgan fingerprint density at radius 1 is 1.24 bits per heavy atom. The lowest BCUT2D eigenvalue weighted by Crippen LogP contribution is -2.12. The number of nitrogens with zero attached hydrogens (tertiary/aromatic N) is 1. The van der Waals surface area contributed by atoms with E-state index in [1.165, 1.54) is 12.3 Å². The third kappa shape index (κ3) is 3.62. The molecule has 0 atom stereocenters. The van der Waals surface area contributed by atoms with Crippen LogP contribution < -0.4 is 10.0 Å². The van der Waals surface area contributed by atoms with Crippen LogP contribution in [0.5, 0.6) is 0 Å². The number of rotatable bonds is 5. The Labute approximate surface area is 123 Å². The van der Waals surface area contributed by atoms with Crippen LogP contribution in [-0.4, -0.2) is 20.0 Å². The largest absolute Gasteiger partial charge is 0.352 e. The van der Waals surface area contributed by atoms with E-state index in [1.54, 1.807) is 37.7 Å². The van der Waals surface area contributed by atoms with E-state index in [0.717, 1.165) is 11.8 Å². The molecule has 21 heavy (non-hydrogen) atoms. The fraction of sp³-hybridized carbons (Fsp3) is 0.286. The summed E-state index contributed by atoms with van der Waals surface area (Å²) in [5.41, 5.74) is 1.71. The van der Waals surface area contributed by atoms with Crippen LogP contribution >= 0.6 is 0 Å². The minimum Gasteiger partial charge on any atom is -0.352 e. The van der Waals surface area contributed by atoms with Crippen LogP contribution in [0.4, 0.5) is 10.1 Å². The molecule has 2 N–H and O–H groups in total. The summed E-state index contributed by atoms with van der Waals surface area (Å²) in [6, 6.07) is 5.66. The van der Waals surface area contributed by atoms with Gasteiger partial charge in [0.1, 0.15) is 10.7 Å². The van der Waals surface area contributed by atoms with Crippen LogP contribution in [0.2, 0.25) is 0 Å². The lowest BCUT2D eigenvalue weighted by atomic mass is 10.2. The zero-order valence-electron chi connectivity index (χ0n) is 12.1. The molecule has 2 rings (SSSR count). The first-order valence-corrected chi connectivity index (χ1v) is 7.90. The second-order valence-electron chi connectivity index (χ2n) is 4.93. The highest BCUT2D eigenvalue weighted by molar-refractivity contribution is 7.92. The second kappa shape index (κ2) is 5.87. The molecule has 0 fully saturated rings. The van der Waals surface area contributed by atoms with Gasteiger partial charge in [0, 0.05) is 25.5 Å². The summed E-state index contributed by atoms with van der Waals surface area (Å²) >= 11 is 0. The number of hydrogen-bond acceptors (Lipinski definition) is 3. The predicted molar refractivity (Wildman–Crippen MR) is 80.1 cm³/mol. The van der Waals surface area contributed by atoms with Crippen molar-refractivity contribution >= 4 is 15.7 Å². The lowest BCUT2D eigenvalue weighted by molar-refractivity contribution is 0.601. The predicted octanol–water partition coefficient (Wildman–Crippen LogP) is 1.99. The molecule has 0 spiro atoms. The van der Waals surface area contributed by atoms with E-state index in [9.17, 15) is 12.8 Å². The molecule has 0 aliphatic rings. The van der Waals surface area contributed by atoms with Gasteiger partial charge in [0.15, 0.2) is 0 Å². The maximum absolute atomic E-state index is 13.3. The maximum Gasteiger partial charge on any atom is 0.263 e. The van der Waals surface area contributed by atoms with Gasteiger partial charge in [-0.2, -0.15) is 0 Å². The van der Waals surface area contributed by atoms with Gasteiger partial charge in [-0.15, -0.1) is 0 Å². The normalized spacial score (nSPS) is 11.6. The van der Waals surface area contributed by atoms with E-state index in [4.69, 9.17) is 0 Å². The SMILES string of the molecule is CNCc1cc(S(=O)(=O)Nc2cc(C)cc(F)c2)cn1C. The number of aryl methyl sites for hydroxylation is 2. The molecule has 0 aliphatic heterocycles. The fourth-order valence-corrected chi connectivity index (χ4v) is 3.22. The summed E-state index contributed by atoms with van der Waals surface area (Å²) in [7, 11) is -0.170. The van der Waals surface area contributed by atoms with Crippen LogP contribution in [0.1, 0.15) is 11.3 Å². The van der Waals surface area contributed by atoms with E-state index in [0.29, 0.717) is 12.1 Å². The zero-order valence-corrected chi connectivity index (χ0v) is 13.0. The minimum atomic E-state index is -3.73. The first-order valence-electron chi connectivity index (χ1n) is 6.41. The molecule has 0 saturated carbocycles. The van der Waals surface area contributed by atoms with E-state index in [-0.39, 0.29) is 10.6 Å². The summed E-state index contributed by atoms with van der Waals surface area (Å²) in [5, 5.41) is 2.97. The van der Waals surface area contributed by atoms with E-state index in [2.05, 4.69) is 10.0 Å². The highest BCUT2D eigenvalue weighted by Gasteiger charge is 2.18. The zero-order chi connectivity index (χ0) is 15.6. The molecule has 0 saturated heterocycles. The topological polar surface area (TPSA) is 63.1 Å². The number of halogens is 1. The molecule has 0 bridgehead atoms. The van der Waals surface area contributed by atoms with Crippen molar-refractivity contribution in [3.8, 4) is 0 Å². The Kier molecular flexibility index (Phi) is 4.34.